The Kier molecular flexibility index (Phi) is 5.21. The Morgan fingerprint density at radius 1 is 1.00 bits per heavy atom. The van der Waals surface area contributed by atoms with Crippen LogP contribution in [0.5, 0.6) is 0 Å². The molecule has 2 aromatic rings. The highest BCUT2D eigenvalue weighted by atomic mass is 16.1. The van der Waals surface area contributed by atoms with Gasteiger partial charge in [-0.1, -0.05) is 50.2 Å². The van der Waals surface area contributed by atoms with Crippen LogP contribution >= 0.6 is 0 Å². The number of benzene rings is 2. The summed E-state index contributed by atoms with van der Waals surface area (Å²) in [4.78, 5) is 12.2. The molecule has 0 fully saturated rings. The first kappa shape index (κ1) is 16.1. The summed E-state index contributed by atoms with van der Waals surface area (Å²) in [5.74, 6) is 0.383. The average Bonchev–Trinajstić information content (AvgIpc) is 2.48. The van der Waals surface area contributed by atoms with E-state index in [1.165, 1.54) is 5.56 Å². The van der Waals surface area contributed by atoms with Crippen molar-refractivity contribution in [2.24, 2.45) is 0 Å². The van der Waals surface area contributed by atoms with Crippen molar-refractivity contribution < 1.29 is 4.79 Å². The predicted octanol–water partition coefficient (Wildman–Crippen LogP) is 4.48. The van der Waals surface area contributed by atoms with Gasteiger partial charge in [0, 0.05) is 11.4 Å². The molecule has 22 heavy (non-hydrogen) atoms. The van der Waals surface area contributed by atoms with E-state index in [9.17, 15) is 4.79 Å². The molecule has 0 unspecified atom stereocenters. The van der Waals surface area contributed by atoms with Gasteiger partial charge in [0.25, 0.3) is 0 Å². The van der Waals surface area contributed by atoms with E-state index in [0.29, 0.717) is 5.92 Å². The summed E-state index contributed by atoms with van der Waals surface area (Å²) in [6.45, 7) is 8.63. The molecule has 2 N–H and O–H groups in total. The molecule has 2 rings (SSSR count). The Bertz CT molecular complexity index is 662. The van der Waals surface area contributed by atoms with Gasteiger partial charge in [0.05, 0.1) is 6.54 Å². The van der Waals surface area contributed by atoms with Crippen LogP contribution in [0.2, 0.25) is 0 Å². The summed E-state index contributed by atoms with van der Waals surface area (Å²) in [5.41, 5.74) is 5.40. The van der Waals surface area contributed by atoms with E-state index in [4.69, 9.17) is 0 Å². The van der Waals surface area contributed by atoms with Gasteiger partial charge in [-0.2, -0.15) is 0 Å². The van der Waals surface area contributed by atoms with Crippen LogP contribution in [0, 0.1) is 13.8 Å². The van der Waals surface area contributed by atoms with E-state index in [-0.39, 0.29) is 12.5 Å². The molecule has 1 amide bonds. The minimum atomic E-state index is -0.0349. The first-order chi connectivity index (χ1) is 10.5. The number of carbonyl (C=O) groups is 1. The van der Waals surface area contributed by atoms with Crippen molar-refractivity contribution >= 4 is 17.3 Å². The molecule has 3 nitrogen and oxygen atoms in total. The molecular weight excluding hydrogens is 272 g/mol. The monoisotopic (exact) mass is 296 g/mol. The second kappa shape index (κ2) is 7.12. The number of carbonyl (C=O) groups excluding carboxylic acids is 1. The predicted molar refractivity (Wildman–Crippen MR) is 93.6 cm³/mol. The lowest BCUT2D eigenvalue weighted by Crippen LogP contribution is -2.23. The van der Waals surface area contributed by atoms with Crippen molar-refractivity contribution in [3.8, 4) is 0 Å². The van der Waals surface area contributed by atoms with Crippen LogP contribution in [0.1, 0.15) is 36.5 Å². The first-order valence-corrected chi connectivity index (χ1v) is 7.68. The van der Waals surface area contributed by atoms with Crippen LogP contribution in [0.15, 0.2) is 42.5 Å². The van der Waals surface area contributed by atoms with Crippen LogP contribution in [-0.2, 0) is 4.79 Å². The van der Waals surface area contributed by atoms with Crippen LogP contribution in [-0.4, -0.2) is 12.5 Å². The Morgan fingerprint density at radius 2 is 1.68 bits per heavy atom. The fourth-order valence-corrected chi connectivity index (χ4v) is 2.49. The maximum atomic E-state index is 12.2. The number of nitrogens with one attached hydrogen (secondary N) is 2. The number of para-hydroxylation sites is 2. The van der Waals surface area contributed by atoms with Crippen molar-refractivity contribution in [1.29, 1.82) is 0 Å². The quantitative estimate of drug-likeness (QED) is 0.854. The van der Waals surface area contributed by atoms with Crippen molar-refractivity contribution in [3.63, 3.8) is 0 Å². The Hall–Kier alpha value is -2.29. The first-order valence-electron chi connectivity index (χ1n) is 7.68. The van der Waals surface area contributed by atoms with Crippen molar-refractivity contribution in [2.45, 2.75) is 33.6 Å². The third-order valence-corrected chi connectivity index (χ3v) is 3.77. The minimum absolute atomic E-state index is 0.0349. The smallest absolute Gasteiger partial charge is 0.243 e. The average molecular weight is 296 g/mol. The zero-order chi connectivity index (χ0) is 16.1. The largest absolute Gasteiger partial charge is 0.376 e. The molecule has 0 radical (unpaired) electrons. The van der Waals surface area contributed by atoms with Gasteiger partial charge >= 0.3 is 0 Å². The molecule has 116 valence electrons. The normalized spacial score (nSPS) is 10.6. The number of amides is 1. The molecule has 0 saturated heterocycles. The maximum Gasteiger partial charge on any atom is 0.243 e. The summed E-state index contributed by atoms with van der Waals surface area (Å²) in [6.07, 6.45) is 0. The third kappa shape index (κ3) is 3.88. The van der Waals surface area contributed by atoms with Crippen molar-refractivity contribution in [3.05, 3.63) is 59.2 Å². The van der Waals surface area contributed by atoms with Crippen LogP contribution < -0.4 is 10.6 Å². The summed E-state index contributed by atoms with van der Waals surface area (Å²) in [6, 6.07) is 14.0. The van der Waals surface area contributed by atoms with Crippen LogP contribution in [0.25, 0.3) is 0 Å². The van der Waals surface area contributed by atoms with Crippen LogP contribution in [0.4, 0.5) is 11.4 Å². The highest BCUT2D eigenvalue weighted by Gasteiger charge is 2.10. The van der Waals surface area contributed by atoms with Gasteiger partial charge in [-0.05, 0) is 42.5 Å². The van der Waals surface area contributed by atoms with E-state index >= 15 is 0 Å². The van der Waals surface area contributed by atoms with E-state index in [1.54, 1.807) is 0 Å². The molecule has 0 atom stereocenters. The second-order valence-electron chi connectivity index (χ2n) is 5.91. The molecule has 0 spiro atoms. The number of hydrogen-bond donors (Lipinski definition) is 2. The Labute approximate surface area is 132 Å². The number of hydrogen-bond acceptors (Lipinski definition) is 2. The molecular formula is C19H24N2O. The Balaban J connectivity index is 2.04. The van der Waals surface area contributed by atoms with E-state index in [1.807, 2.05) is 31.2 Å². The molecule has 0 aliphatic carbocycles. The van der Waals surface area contributed by atoms with Gasteiger partial charge in [0.15, 0.2) is 0 Å². The van der Waals surface area contributed by atoms with Gasteiger partial charge < -0.3 is 10.6 Å². The van der Waals surface area contributed by atoms with Crippen molar-refractivity contribution in [1.82, 2.24) is 0 Å². The zero-order valence-electron chi connectivity index (χ0n) is 13.7. The lowest BCUT2D eigenvalue weighted by Gasteiger charge is -2.17. The third-order valence-electron chi connectivity index (χ3n) is 3.77. The lowest BCUT2D eigenvalue weighted by atomic mass is 9.98. The molecule has 0 saturated carbocycles. The second-order valence-corrected chi connectivity index (χ2v) is 5.91. The van der Waals surface area contributed by atoms with Gasteiger partial charge in [-0.15, -0.1) is 0 Å². The van der Waals surface area contributed by atoms with Gasteiger partial charge in [0.1, 0.15) is 0 Å². The van der Waals surface area contributed by atoms with Gasteiger partial charge in [0.2, 0.25) is 5.91 Å². The molecule has 0 heterocycles. The summed E-state index contributed by atoms with van der Waals surface area (Å²) in [7, 11) is 0. The number of anilines is 2. The van der Waals surface area contributed by atoms with E-state index < -0.39 is 0 Å². The van der Waals surface area contributed by atoms with Crippen molar-refractivity contribution in [2.75, 3.05) is 17.2 Å². The number of aryl methyl sites for hydroxylation is 2. The Morgan fingerprint density at radius 3 is 2.36 bits per heavy atom. The van der Waals surface area contributed by atoms with Gasteiger partial charge in [-0.25, -0.2) is 0 Å². The summed E-state index contributed by atoms with van der Waals surface area (Å²) >= 11 is 0. The fourth-order valence-electron chi connectivity index (χ4n) is 2.49. The summed E-state index contributed by atoms with van der Waals surface area (Å²) < 4.78 is 0. The van der Waals surface area contributed by atoms with Gasteiger partial charge in [-0.3, -0.25) is 4.79 Å². The minimum Gasteiger partial charge on any atom is -0.376 e. The standard InChI is InChI=1S/C19H24N2O/c1-13(2)16-10-7-9-15(4)19(16)20-12-18(22)21-17-11-6-5-8-14(17)3/h5-11,13,20H,12H2,1-4H3,(H,21,22). The fraction of sp³-hybridized carbons (Fsp3) is 0.316. The SMILES string of the molecule is Cc1ccccc1NC(=O)CNc1c(C)cccc1C(C)C. The maximum absolute atomic E-state index is 12.2. The van der Waals surface area contributed by atoms with Crippen LogP contribution in [0.3, 0.4) is 0 Å². The highest BCUT2D eigenvalue weighted by molar-refractivity contribution is 5.94. The molecule has 0 aliphatic rings. The topological polar surface area (TPSA) is 41.1 Å². The molecule has 0 bridgehead atoms. The lowest BCUT2D eigenvalue weighted by molar-refractivity contribution is -0.114. The molecule has 0 aliphatic heterocycles. The molecule has 2 aromatic carbocycles. The van der Waals surface area contributed by atoms with E-state index in [2.05, 4.69) is 49.6 Å². The number of rotatable bonds is 5. The summed E-state index contributed by atoms with van der Waals surface area (Å²) in [5, 5.41) is 6.24. The highest BCUT2D eigenvalue weighted by Crippen LogP contribution is 2.27. The van der Waals surface area contributed by atoms with E-state index in [0.717, 1.165) is 22.5 Å². The zero-order valence-corrected chi connectivity index (χ0v) is 13.7. The molecule has 0 aromatic heterocycles. The molecule has 3 heteroatoms.